The second kappa shape index (κ2) is 23.0. The fourth-order valence-corrected chi connectivity index (χ4v) is 3.23. The van der Waals surface area contributed by atoms with Crippen molar-refractivity contribution in [2.75, 3.05) is 13.2 Å². The van der Waals surface area contributed by atoms with Crippen molar-refractivity contribution in [3.05, 3.63) is 6.42 Å². The normalized spacial score (nSPS) is 11.2. The molecule has 0 spiro atoms. The SMILES string of the molecule is CC[CH]CCOCCCCCCCCCCCCCCCCCC. The smallest absolute Gasteiger partial charge is 0.0468 e. The Balaban J connectivity index is 2.93. The van der Waals surface area contributed by atoms with Crippen LogP contribution in [0.25, 0.3) is 0 Å². The van der Waals surface area contributed by atoms with Gasteiger partial charge in [-0.3, -0.25) is 0 Å². The average molecular weight is 340 g/mol. The van der Waals surface area contributed by atoms with Crippen LogP contribution in [-0.4, -0.2) is 13.2 Å². The molecule has 0 aliphatic carbocycles. The molecule has 1 radical (unpaired) electrons. The maximum absolute atomic E-state index is 5.62. The first kappa shape index (κ1) is 24.0. The molecule has 0 rings (SSSR count). The highest BCUT2D eigenvalue weighted by Gasteiger charge is 1.95. The van der Waals surface area contributed by atoms with Crippen LogP contribution in [0.2, 0.25) is 0 Å². The topological polar surface area (TPSA) is 9.23 Å². The van der Waals surface area contributed by atoms with E-state index in [0.717, 1.165) is 19.6 Å². The molecule has 0 amide bonds. The van der Waals surface area contributed by atoms with Gasteiger partial charge in [-0.15, -0.1) is 0 Å². The molecular weight excluding hydrogens is 292 g/mol. The van der Waals surface area contributed by atoms with Crippen molar-refractivity contribution in [3.63, 3.8) is 0 Å². The number of ether oxygens (including phenoxy) is 1. The van der Waals surface area contributed by atoms with Crippen molar-refractivity contribution in [2.24, 2.45) is 0 Å². The minimum atomic E-state index is 0.923. The molecule has 0 saturated carbocycles. The zero-order chi connectivity index (χ0) is 17.6. The Kier molecular flexibility index (Phi) is 22.9. The highest BCUT2D eigenvalue weighted by Crippen LogP contribution is 2.13. The predicted octanol–water partition coefficient (Wildman–Crippen LogP) is 8.27. The molecule has 1 nitrogen and oxygen atoms in total. The van der Waals surface area contributed by atoms with Gasteiger partial charge in [-0.1, -0.05) is 117 Å². The van der Waals surface area contributed by atoms with Gasteiger partial charge in [-0.05, 0) is 19.3 Å². The largest absolute Gasteiger partial charge is 0.381 e. The standard InChI is InChI=1S/C23H47O/c1-3-5-7-8-9-10-11-12-13-14-15-16-17-18-19-21-23-24-22-20-6-4-2/h6H,3-5,7-23H2,1-2H3. The van der Waals surface area contributed by atoms with Crippen LogP contribution in [0.4, 0.5) is 0 Å². The Morgan fingerprint density at radius 1 is 0.500 bits per heavy atom. The Bertz CT molecular complexity index is 180. The van der Waals surface area contributed by atoms with Crippen LogP contribution >= 0.6 is 0 Å². The number of hydrogen-bond donors (Lipinski definition) is 0. The maximum Gasteiger partial charge on any atom is 0.0468 e. The molecule has 0 heterocycles. The summed E-state index contributed by atoms with van der Waals surface area (Å²) in [6, 6.07) is 0. The van der Waals surface area contributed by atoms with Crippen molar-refractivity contribution in [2.45, 2.75) is 129 Å². The van der Waals surface area contributed by atoms with Gasteiger partial charge in [-0.25, -0.2) is 0 Å². The summed E-state index contributed by atoms with van der Waals surface area (Å²) in [5, 5.41) is 0. The third-order valence-electron chi connectivity index (χ3n) is 4.90. The second-order valence-electron chi connectivity index (χ2n) is 7.40. The third-order valence-corrected chi connectivity index (χ3v) is 4.90. The van der Waals surface area contributed by atoms with Crippen LogP contribution in [-0.2, 0) is 4.74 Å². The van der Waals surface area contributed by atoms with Crippen LogP contribution in [0.5, 0.6) is 0 Å². The van der Waals surface area contributed by atoms with E-state index in [1.807, 2.05) is 0 Å². The number of unbranched alkanes of at least 4 members (excludes halogenated alkanes) is 17. The van der Waals surface area contributed by atoms with Crippen LogP contribution in [0.3, 0.4) is 0 Å². The Morgan fingerprint density at radius 2 is 0.917 bits per heavy atom. The van der Waals surface area contributed by atoms with Crippen LogP contribution in [0.15, 0.2) is 0 Å². The maximum atomic E-state index is 5.62. The molecule has 1 heteroatoms. The van der Waals surface area contributed by atoms with E-state index in [1.54, 1.807) is 0 Å². The van der Waals surface area contributed by atoms with E-state index >= 15 is 0 Å². The zero-order valence-electron chi connectivity index (χ0n) is 17.1. The number of rotatable bonds is 21. The second-order valence-corrected chi connectivity index (χ2v) is 7.40. The minimum absolute atomic E-state index is 0.923. The van der Waals surface area contributed by atoms with Gasteiger partial charge in [0.1, 0.15) is 0 Å². The lowest BCUT2D eigenvalue weighted by molar-refractivity contribution is 0.132. The third kappa shape index (κ3) is 22.0. The van der Waals surface area contributed by atoms with E-state index in [-0.39, 0.29) is 0 Å². The average Bonchev–Trinajstić information content (AvgIpc) is 2.60. The summed E-state index contributed by atoms with van der Waals surface area (Å²) in [7, 11) is 0. The Labute approximate surface area is 154 Å². The van der Waals surface area contributed by atoms with Crippen LogP contribution in [0.1, 0.15) is 129 Å². The van der Waals surface area contributed by atoms with E-state index < -0.39 is 0 Å². The van der Waals surface area contributed by atoms with Crippen molar-refractivity contribution in [1.82, 2.24) is 0 Å². The molecule has 24 heavy (non-hydrogen) atoms. The van der Waals surface area contributed by atoms with Gasteiger partial charge in [0.15, 0.2) is 0 Å². The lowest BCUT2D eigenvalue weighted by Gasteiger charge is -2.04. The first-order chi connectivity index (χ1) is 11.9. The molecule has 0 aromatic carbocycles. The van der Waals surface area contributed by atoms with Crippen molar-refractivity contribution >= 4 is 0 Å². The minimum Gasteiger partial charge on any atom is -0.381 e. The van der Waals surface area contributed by atoms with Gasteiger partial charge in [0, 0.05) is 13.2 Å². The molecular formula is C23H47O. The Hall–Kier alpha value is -0.0400. The summed E-state index contributed by atoms with van der Waals surface area (Å²) in [6.45, 7) is 6.38. The molecule has 0 aliphatic heterocycles. The predicted molar refractivity (Wildman–Crippen MR) is 110 cm³/mol. The molecule has 0 atom stereocenters. The summed E-state index contributed by atoms with van der Waals surface area (Å²) in [4.78, 5) is 0. The van der Waals surface area contributed by atoms with Crippen molar-refractivity contribution in [3.8, 4) is 0 Å². The number of hydrogen-bond acceptors (Lipinski definition) is 1. The first-order valence-corrected chi connectivity index (χ1v) is 11.3. The van der Waals surface area contributed by atoms with Gasteiger partial charge < -0.3 is 4.74 Å². The monoisotopic (exact) mass is 339 g/mol. The highest BCUT2D eigenvalue weighted by atomic mass is 16.5. The van der Waals surface area contributed by atoms with Gasteiger partial charge in [0.25, 0.3) is 0 Å². The van der Waals surface area contributed by atoms with Crippen molar-refractivity contribution < 1.29 is 4.74 Å². The molecule has 0 aliphatic rings. The molecule has 0 aromatic heterocycles. The molecule has 0 saturated heterocycles. The molecule has 0 aromatic rings. The summed E-state index contributed by atoms with van der Waals surface area (Å²) in [6.07, 6.45) is 27.5. The molecule has 0 unspecified atom stereocenters. The molecule has 145 valence electrons. The van der Waals surface area contributed by atoms with E-state index in [2.05, 4.69) is 20.3 Å². The fraction of sp³-hybridized carbons (Fsp3) is 0.957. The molecule has 0 fully saturated rings. The first-order valence-electron chi connectivity index (χ1n) is 11.3. The van der Waals surface area contributed by atoms with E-state index in [4.69, 9.17) is 4.74 Å². The molecule has 0 bridgehead atoms. The zero-order valence-corrected chi connectivity index (χ0v) is 17.1. The summed E-state index contributed by atoms with van der Waals surface area (Å²) in [5.74, 6) is 0. The van der Waals surface area contributed by atoms with E-state index in [0.29, 0.717) is 0 Å². The van der Waals surface area contributed by atoms with Gasteiger partial charge in [0.05, 0.1) is 0 Å². The quantitative estimate of drug-likeness (QED) is 0.191. The summed E-state index contributed by atoms with van der Waals surface area (Å²) in [5.41, 5.74) is 0. The highest BCUT2D eigenvalue weighted by molar-refractivity contribution is 4.59. The summed E-state index contributed by atoms with van der Waals surface area (Å²) < 4.78 is 5.62. The fourth-order valence-electron chi connectivity index (χ4n) is 3.23. The van der Waals surface area contributed by atoms with Gasteiger partial charge in [0.2, 0.25) is 0 Å². The van der Waals surface area contributed by atoms with Gasteiger partial charge in [-0.2, -0.15) is 0 Å². The lowest BCUT2D eigenvalue weighted by Crippen LogP contribution is -1.97. The van der Waals surface area contributed by atoms with E-state index in [1.165, 1.54) is 109 Å². The van der Waals surface area contributed by atoms with Crippen LogP contribution in [0, 0.1) is 6.42 Å². The van der Waals surface area contributed by atoms with E-state index in [9.17, 15) is 0 Å². The summed E-state index contributed by atoms with van der Waals surface area (Å²) >= 11 is 0. The Morgan fingerprint density at radius 3 is 1.33 bits per heavy atom. The van der Waals surface area contributed by atoms with Gasteiger partial charge >= 0.3 is 0 Å². The van der Waals surface area contributed by atoms with Crippen molar-refractivity contribution in [1.29, 1.82) is 0 Å². The van der Waals surface area contributed by atoms with Crippen LogP contribution < -0.4 is 0 Å². The molecule has 0 N–H and O–H groups in total. The lowest BCUT2D eigenvalue weighted by atomic mass is 10.0.